The monoisotopic (exact) mass is 341 g/mol. The molecule has 134 valence electrons. The Kier molecular flexibility index (Phi) is 5.87. The van der Waals surface area contributed by atoms with Crippen molar-refractivity contribution in [3.05, 3.63) is 29.3 Å². The Balaban J connectivity index is 2.08. The quantitative estimate of drug-likeness (QED) is 0.495. The minimum atomic E-state index is -0.463. The van der Waals surface area contributed by atoms with Crippen LogP contribution < -0.4 is 10.7 Å². The number of primary amides is 1. The average molecular weight is 341 g/mol. The molecule has 0 saturated heterocycles. The molecule has 2 saturated carbocycles. The molecular formula is C20H27N3O2. The first-order valence-electron chi connectivity index (χ1n) is 9.52. The van der Waals surface area contributed by atoms with Crippen molar-refractivity contribution in [2.24, 2.45) is 10.8 Å². The van der Waals surface area contributed by atoms with Gasteiger partial charge in [0.2, 0.25) is 0 Å². The minimum absolute atomic E-state index is 0.137. The van der Waals surface area contributed by atoms with Crippen LogP contribution >= 0.6 is 0 Å². The van der Waals surface area contributed by atoms with E-state index < -0.39 is 5.91 Å². The number of nitrogens with two attached hydrogens (primary N) is 1. The van der Waals surface area contributed by atoms with E-state index in [1.54, 1.807) is 17.2 Å². The second-order valence-corrected chi connectivity index (χ2v) is 7.27. The summed E-state index contributed by atoms with van der Waals surface area (Å²) < 4.78 is 0. The maximum absolute atomic E-state index is 12.1. The van der Waals surface area contributed by atoms with E-state index >= 15 is 0 Å². The van der Waals surface area contributed by atoms with Crippen LogP contribution in [0.25, 0.3) is 0 Å². The molecule has 5 heteroatoms. The van der Waals surface area contributed by atoms with Crippen molar-refractivity contribution >= 4 is 17.7 Å². The van der Waals surface area contributed by atoms with Crippen LogP contribution in [0.15, 0.2) is 23.3 Å². The number of carbonyl (C=O) groups is 1. The molecule has 0 unspecified atom stereocenters. The Morgan fingerprint density at radius 3 is 2.28 bits per heavy atom. The fourth-order valence-corrected chi connectivity index (χ4v) is 4.44. The molecule has 2 N–H and O–H groups in total. The number of carbonyl (C=O) groups excluding carboxylic acids is 2. The molecule has 0 heterocycles. The number of amides is 1. The first kappa shape index (κ1) is 17.7. The van der Waals surface area contributed by atoms with Crippen LogP contribution in [-0.4, -0.2) is 18.0 Å². The summed E-state index contributed by atoms with van der Waals surface area (Å²) in [4.78, 5) is 23.3. The molecule has 1 aromatic rings. The van der Waals surface area contributed by atoms with Gasteiger partial charge in [-0.1, -0.05) is 55.8 Å². The van der Waals surface area contributed by atoms with Gasteiger partial charge in [-0.2, -0.15) is 0 Å². The van der Waals surface area contributed by atoms with Gasteiger partial charge in [-0.15, -0.1) is 0 Å². The zero-order valence-electron chi connectivity index (χ0n) is 14.7. The molecule has 5 nitrogen and oxygen atoms in total. The molecule has 0 aromatic heterocycles. The van der Waals surface area contributed by atoms with E-state index in [2.05, 4.69) is 11.2 Å². The van der Waals surface area contributed by atoms with Crippen LogP contribution in [0.1, 0.15) is 86.0 Å². The molecule has 3 rings (SSSR count). The van der Waals surface area contributed by atoms with Crippen molar-refractivity contribution in [1.29, 1.82) is 0 Å². The van der Waals surface area contributed by atoms with E-state index in [4.69, 9.17) is 5.73 Å². The van der Waals surface area contributed by atoms with Crippen LogP contribution in [0.5, 0.6) is 0 Å². The average Bonchev–Trinajstić information content (AvgIpc) is 2.67. The van der Waals surface area contributed by atoms with Crippen molar-refractivity contribution in [2.75, 3.05) is 5.01 Å². The maximum Gasteiger partial charge on any atom is 0.258 e. The summed E-state index contributed by atoms with van der Waals surface area (Å²) in [6.45, 7) is 0. The number of hydrogen-bond acceptors (Lipinski definition) is 4. The van der Waals surface area contributed by atoms with Gasteiger partial charge < -0.3 is 5.73 Å². The van der Waals surface area contributed by atoms with Crippen LogP contribution in [-0.2, 0) is 4.79 Å². The van der Waals surface area contributed by atoms with E-state index in [1.165, 1.54) is 25.7 Å². The summed E-state index contributed by atoms with van der Waals surface area (Å²) in [6, 6.07) is 5.86. The smallest absolute Gasteiger partial charge is 0.258 e. The summed E-state index contributed by atoms with van der Waals surface area (Å²) in [6.07, 6.45) is 13.0. The molecule has 0 atom stereocenters. The molecule has 2 aliphatic rings. The molecule has 0 radical (unpaired) electrons. The summed E-state index contributed by atoms with van der Waals surface area (Å²) in [5.74, 6) is -0.0643. The zero-order valence-corrected chi connectivity index (χ0v) is 14.7. The highest BCUT2D eigenvalue weighted by Crippen LogP contribution is 2.41. The van der Waals surface area contributed by atoms with Gasteiger partial charge in [0.15, 0.2) is 0 Å². The van der Waals surface area contributed by atoms with Crippen molar-refractivity contribution in [1.82, 2.24) is 0 Å². The first-order valence-corrected chi connectivity index (χ1v) is 9.52. The van der Waals surface area contributed by atoms with Gasteiger partial charge in [-0.3, -0.25) is 9.80 Å². The van der Waals surface area contributed by atoms with Crippen LogP contribution in [0.3, 0.4) is 0 Å². The van der Waals surface area contributed by atoms with E-state index in [1.807, 2.05) is 6.07 Å². The summed E-state index contributed by atoms with van der Waals surface area (Å²) in [5, 5.41) is 5.80. The predicted molar refractivity (Wildman–Crippen MR) is 98.3 cm³/mol. The number of anilines is 1. The second-order valence-electron chi connectivity index (χ2n) is 7.27. The Bertz CT molecular complexity index is 655. The lowest BCUT2D eigenvalue weighted by Gasteiger charge is -2.35. The molecular weight excluding hydrogens is 314 g/mol. The normalized spacial score (nSPS) is 19.2. The third kappa shape index (κ3) is 3.93. The van der Waals surface area contributed by atoms with Crippen molar-refractivity contribution in [2.45, 2.75) is 76.2 Å². The molecule has 1 amide bonds. The molecule has 2 fully saturated rings. The molecule has 0 bridgehead atoms. The topological polar surface area (TPSA) is 75.8 Å². The van der Waals surface area contributed by atoms with Crippen LogP contribution in [0.2, 0.25) is 0 Å². The van der Waals surface area contributed by atoms with Crippen molar-refractivity contribution < 1.29 is 9.59 Å². The number of para-hydroxylation sites is 1. The zero-order chi connectivity index (χ0) is 17.6. The molecule has 1 aromatic carbocycles. The fourth-order valence-electron chi connectivity index (χ4n) is 4.44. The highest BCUT2D eigenvalue weighted by Gasteiger charge is 2.30. The standard InChI is InChI=1S/C20H27N3O2/c21-20(25)18-13-7-12-17(15-8-3-1-4-9-15)19(18)23(22-14-24)16-10-5-2-6-11-16/h7,12-13,15-16H,1-6,8-11H2,(H2,21,25). The highest BCUT2D eigenvalue weighted by molar-refractivity contribution is 5.99. The van der Waals surface area contributed by atoms with E-state index in [0.717, 1.165) is 49.8 Å². The maximum atomic E-state index is 12.1. The molecule has 0 spiro atoms. The third-order valence-electron chi connectivity index (χ3n) is 5.68. The Morgan fingerprint density at radius 2 is 1.68 bits per heavy atom. The van der Waals surface area contributed by atoms with Crippen LogP contribution in [0, 0.1) is 0 Å². The minimum Gasteiger partial charge on any atom is -0.366 e. The number of isocyanates is 1. The number of hydrazone groups is 1. The van der Waals surface area contributed by atoms with Crippen LogP contribution in [0.4, 0.5) is 5.69 Å². The fraction of sp³-hybridized carbons (Fsp3) is 0.600. The second kappa shape index (κ2) is 8.30. The predicted octanol–water partition coefficient (Wildman–Crippen LogP) is 4.22. The third-order valence-corrected chi connectivity index (χ3v) is 5.68. The van der Waals surface area contributed by atoms with Gasteiger partial charge in [-0.25, -0.2) is 4.79 Å². The SMILES string of the molecule is NC(=O)c1cccc(C2CCCCC2)c1N(N=C=O)C1CCCCC1. The van der Waals surface area contributed by atoms with E-state index in [0.29, 0.717) is 11.5 Å². The summed E-state index contributed by atoms with van der Waals surface area (Å²) >= 11 is 0. The van der Waals surface area contributed by atoms with Gasteiger partial charge in [0.1, 0.15) is 0 Å². The van der Waals surface area contributed by atoms with Crippen molar-refractivity contribution in [3.8, 4) is 0 Å². The van der Waals surface area contributed by atoms with Crippen molar-refractivity contribution in [3.63, 3.8) is 0 Å². The van der Waals surface area contributed by atoms with E-state index in [9.17, 15) is 9.59 Å². The lowest BCUT2D eigenvalue weighted by Crippen LogP contribution is -2.35. The van der Waals surface area contributed by atoms with Gasteiger partial charge >= 0.3 is 0 Å². The first-order chi connectivity index (χ1) is 12.2. The molecule has 0 aliphatic heterocycles. The Labute approximate surface area is 149 Å². The number of nitrogens with zero attached hydrogens (tertiary/aromatic N) is 2. The number of benzene rings is 1. The van der Waals surface area contributed by atoms with Gasteiger partial charge in [-0.05, 0) is 43.2 Å². The van der Waals surface area contributed by atoms with E-state index in [-0.39, 0.29) is 6.04 Å². The Hall–Kier alpha value is -2.13. The van der Waals surface area contributed by atoms with Gasteiger partial charge in [0.05, 0.1) is 17.3 Å². The molecule has 25 heavy (non-hydrogen) atoms. The number of hydrogen-bond donors (Lipinski definition) is 1. The molecule has 2 aliphatic carbocycles. The van der Waals surface area contributed by atoms with Gasteiger partial charge in [0.25, 0.3) is 12.0 Å². The highest BCUT2D eigenvalue weighted by atomic mass is 16.1. The van der Waals surface area contributed by atoms with Gasteiger partial charge in [0, 0.05) is 0 Å². The summed E-state index contributed by atoms with van der Waals surface area (Å²) in [7, 11) is 0. The number of rotatable bonds is 5. The Morgan fingerprint density at radius 1 is 1.04 bits per heavy atom. The lowest BCUT2D eigenvalue weighted by molar-refractivity contribution is 0.100. The lowest BCUT2D eigenvalue weighted by atomic mass is 9.82. The summed E-state index contributed by atoms with van der Waals surface area (Å²) in [5.41, 5.74) is 8.00. The largest absolute Gasteiger partial charge is 0.366 e.